The summed E-state index contributed by atoms with van der Waals surface area (Å²) in [5, 5.41) is 2.87. The quantitative estimate of drug-likeness (QED) is 0.614. The van der Waals surface area contributed by atoms with Gasteiger partial charge in [0.15, 0.2) is 0 Å². The number of carbonyl (C=O) groups excluding carboxylic acids is 1. The summed E-state index contributed by atoms with van der Waals surface area (Å²) >= 11 is 0. The molecular formula is C9H14N2O. The molecule has 1 N–H and O–H groups in total. The average Bonchev–Trinajstić information content (AvgIpc) is 2.56. The number of hydrogen-bond acceptors (Lipinski definition) is 1. The van der Waals surface area contributed by atoms with Crippen molar-refractivity contribution in [3.63, 3.8) is 0 Å². The summed E-state index contributed by atoms with van der Waals surface area (Å²) < 4.78 is 0. The van der Waals surface area contributed by atoms with Crippen LogP contribution in [0.15, 0.2) is 0 Å². The van der Waals surface area contributed by atoms with Crippen LogP contribution in [0.4, 0.5) is 4.79 Å². The van der Waals surface area contributed by atoms with Crippen LogP contribution in [0, 0.1) is 11.8 Å². The molecule has 0 radical (unpaired) electrons. The lowest BCUT2D eigenvalue weighted by Gasteiger charge is -2.15. The van der Waals surface area contributed by atoms with Gasteiger partial charge in [0.05, 0.1) is 0 Å². The number of urea groups is 1. The SMILES string of the molecule is O=C1NCCN1C1C2CCCC21. The monoisotopic (exact) mass is 166 g/mol. The van der Waals surface area contributed by atoms with Gasteiger partial charge in [0, 0.05) is 19.1 Å². The molecule has 0 aromatic rings. The topological polar surface area (TPSA) is 32.3 Å². The van der Waals surface area contributed by atoms with Gasteiger partial charge >= 0.3 is 6.03 Å². The number of nitrogens with one attached hydrogen (secondary N) is 1. The first-order chi connectivity index (χ1) is 5.88. The van der Waals surface area contributed by atoms with Crippen LogP contribution in [0.1, 0.15) is 19.3 Å². The lowest BCUT2D eigenvalue weighted by atomic mass is 10.2. The first kappa shape index (κ1) is 6.75. The van der Waals surface area contributed by atoms with E-state index in [0.717, 1.165) is 24.9 Å². The zero-order valence-electron chi connectivity index (χ0n) is 7.12. The normalized spacial score (nSPS) is 44.5. The van der Waals surface area contributed by atoms with E-state index in [1.165, 1.54) is 19.3 Å². The second kappa shape index (κ2) is 2.15. The molecule has 3 nitrogen and oxygen atoms in total. The van der Waals surface area contributed by atoms with Crippen molar-refractivity contribution >= 4 is 6.03 Å². The zero-order chi connectivity index (χ0) is 8.13. The maximum atomic E-state index is 11.3. The Labute approximate surface area is 72.1 Å². The van der Waals surface area contributed by atoms with Crippen molar-refractivity contribution in [1.29, 1.82) is 0 Å². The van der Waals surface area contributed by atoms with Crippen molar-refractivity contribution in [2.24, 2.45) is 11.8 Å². The van der Waals surface area contributed by atoms with Crippen LogP contribution >= 0.6 is 0 Å². The molecule has 2 saturated carbocycles. The maximum absolute atomic E-state index is 11.3. The Morgan fingerprint density at radius 1 is 1.33 bits per heavy atom. The molecule has 2 amide bonds. The van der Waals surface area contributed by atoms with E-state index >= 15 is 0 Å². The van der Waals surface area contributed by atoms with Crippen LogP contribution in [0.25, 0.3) is 0 Å². The highest BCUT2D eigenvalue weighted by Crippen LogP contribution is 2.54. The van der Waals surface area contributed by atoms with Gasteiger partial charge < -0.3 is 10.2 Å². The number of carbonyl (C=O) groups is 1. The van der Waals surface area contributed by atoms with Crippen molar-refractivity contribution in [2.75, 3.05) is 13.1 Å². The van der Waals surface area contributed by atoms with E-state index in [4.69, 9.17) is 0 Å². The van der Waals surface area contributed by atoms with Gasteiger partial charge in [-0.3, -0.25) is 0 Å². The Hall–Kier alpha value is -0.730. The molecule has 2 unspecified atom stereocenters. The van der Waals surface area contributed by atoms with E-state index < -0.39 is 0 Å². The first-order valence-corrected chi connectivity index (χ1v) is 4.92. The summed E-state index contributed by atoms with van der Waals surface area (Å²) in [6, 6.07) is 0.802. The summed E-state index contributed by atoms with van der Waals surface area (Å²) in [6.07, 6.45) is 4.11. The minimum atomic E-state index is 0.175. The summed E-state index contributed by atoms with van der Waals surface area (Å²) in [7, 11) is 0. The summed E-state index contributed by atoms with van der Waals surface area (Å²) in [5.41, 5.74) is 0. The van der Waals surface area contributed by atoms with Crippen molar-refractivity contribution in [3.8, 4) is 0 Å². The lowest BCUT2D eigenvalue weighted by molar-refractivity contribution is 0.209. The highest BCUT2D eigenvalue weighted by Gasteiger charge is 2.57. The van der Waals surface area contributed by atoms with Crippen molar-refractivity contribution < 1.29 is 4.79 Å². The fraction of sp³-hybridized carbons (Fsp3) is 0.889. The van der Waals surface area contributed by atoms with E-state index in [1.54, 1.807) is 0 Å². The molecule has 0 bridgehead atoms. The van der Waals surface area contributed by atoms with E-state index in [0.29, 0.717) is 6.04 Å². The molecular weight excluding hydrogens is 152 g/mol. The molecule has 12 heavy (non-hydrogen) atoms. The largest absolute Gasteiger partial charge is 0.336 e. The second-order valence-electron chi connectivity index (χ2n) is 4.17. The van der Waals surface area contributed by atoms with Gasteiger partial charge in [0.1, 0.15) is 0 Å². The zero-order valence-corrected chi connectivity index (χ0v) is 7.12. The van der Waals surface area contributed by atoms with Gasteiger partial charge in [0.25, 0.3) is 0 Å². The maximum Gasteiger partial charge on any atom is 0.317 e. The smallest absolute Gasteiger partial charge is 0.317 e. The Morgan fingerprint density at radius 2 is 2.08 bits per heavy atom. The molecule has 1 aliphatic heterocycles. The molecule has 3 rings (SSSR count). The van der Waals surface area contributed by atoms with E-state index in [-0.39, 0.29) is 6.03 Å². The second-order valence-corrected chi connectivity index (χ2v) is 4.17. The third kappa shape index (κ3) is 0.740. The average molecular weight is 166 g/mol. The van der Waals surface area contributed by atoms with Gasteiger partial charge in [-0.15, -0.1) is 0 Å². The molecule has 3 fully saturated rings. The molecule has 2 atom stereocenters. The van der Waals surface area contributed by atoms with E-state index in [1.807, 2.05) is 0 Å². The summed E-state index contributed by atoms with van der Waals surface area (Å²) in [6.45, 7) is 1.80. The third-order valence-electron chi connectivity index (χ3n) is 3.61. The number of rotatable bonds is 1. The fourth-order valence-corrected chi connectivity index (χ4v) is 3.02. The first-order valence-electron chi connectivity index (χ1n) is 4.92. The summed E-state index contributed by atoms with van der Waals surface area (Å²) in [5.74, 6) is 1.74. The minimum absolute atomic E-state index is 0.175. The number of amides is 2. The molecule has 1 saturated heterocycles. The Kier molecular flexibility index (Phi) is 1.21. The number of nitrogens with zero attached hydrogens (tertiary/aromatic N) is 1. The molecule has 2 aliphatic carbocycles. The van der Waals surface area contributed by atoms with Crippen LogP contribution in [0.2, 0.25) is 0 Å². The van der Waals surface area contributed by atoms with E-state index in [9.17, 15) is 4.79 Å². The third-order valence-corrected chi connectivity index (χ3v) is 3.61. The van der Waals surface area contributed by atoms with E-state index in [2.05, 4.69) is 10.2 Å². The number of fused-ring (bicyclic) bond motifs is 1. The van der Waals surface area contributed by atoms with Gasteiger partial charge in [-0.2, -0.15) is 0 Å². The minimum Gasteiger partial charge on any atom is -0.336 e. The molecule has 3 heteroatoms. The van der Waals surface area contributed by atoms with Crippen LogP contribution in [0.5, 0.6) is 0 Å². The van der Waals surface area contributed by atoms with Gasteiger partial charge in [-0.1, -0.05) is 6.42 Å². The Bertz CT molecular complexity index is 219. The molecule has 66 valence electrons. The Morgan fingerprint density at radius 3 is 2.67 bits per heavy atom. The van der Waals surface area contributed by atoms with Crippen LogP contribution in [-0.2, 0) is 0 Å². The van der Waals surface area contributed by atoms with Crippen LogP contribution in [0.3, 0.4) is 0 Å². The van der Waals surface area contributed by atoms with Gasteiger partial charge in [-0.05, 0) is 24.7 Å². The van der Waals surface area contributed by atoms with Crippen molar-refractivity contribution in [2.45, 2.75) is 25.3 Å². The van der Waals surface area contributed by atoms with Gasteiger partial charge in [0.2, 0.25) is 0 Å². The lowest BCUT2D eigenvalue weighted by Crippen LogP contribution is -2.32. The molecule has 0 aromatic heterocycles. The molecule has 3 aliphatic rings. The molecule has 0 spiro atoms. The predicted octanol–water partition coefficient (Wildman–Crippen LogP) is 0.810. The fourth-order valence-electron chi connectivity index (χ4n) is 3.02. The highest BCUT2D eigenvalue weighted by molar-refractivity contribution is 5.77. The predicted molar refractivity (Wildman–Crippen MR) is 44.7 cm³/mol. The highest BCUT2D eigenvalue weighted by atomic mass is 16.2. The van der Waals surface area contributed by atoms with Crippen LogP contribution in [-0.4, -0.2) is 30.1 Å². The summed E-state index contributed by atoms with van der Waals surface area (Å²) in [4.78, 5) is 13.4. The standard InChI is InChI=1S/C9H14N2O/c12-9-10-4-5-11(9)8-6-2-1-3-7(6)8/h6-8H,1-5H2,(H,10,12). The molecule has 1 heterocycles. The Balaban J connectivity index is 1.71. The number of hydrogen-bond donors (Lipinski definition) is 1. The molecule has 0 aromatic carbocycles. The van der Waals surface area contributed by atoms with Gasteiger partial charge in [-0.25, -0.2) is 4.79 Å². The van der Waals surface area contributed by atoms with Crippen molar-refractivity contribution in [1.82, 2.24) is 10.2 Å². The van der Waals surface area contributed by atoms with Crippen LogP contribution < -0.4 is 5.32 Å². The van der Waals surface area contributed by atoms with Crippen molar-refractivity contribution in [3.05, 3.63) is 0 Å².